The van der Waals surface area contributed by atoms with Gasteiger partial charge in [-0.25, -0.2) is 14.4 Å². The number of ether oxygens (including phenoxy) is 3. The number of nitrogens with two attached hydrogens (primary N) is 2. The molecule has 0 saturated carbocycles. The van der Waals surface area contributed by atoms with Crippen LogP contribution in [0.15, 0.2) is 0 Å². The molecule has 3 amide bonds. The average molecular weight is 278 g/mol. The van der Waals surface area contributed by atoms with Gasteiger partial charge in [0.15, 0.2) is 0 Å². The van der Waals surface area contributed by atoms with Gasteiger partial charge in [-0.15, -0.1) is 0 Å². The summed E-state index contributed by atoms with van der Waals surface area (Å²) in [6.07, 6.45) is -2.26. The van der Waals surface area contributed by atoms with E-state index in [9.17, 15) is 14.4 Å². The maximum atomic E-state index is 11.0. The molecule has 0 fully saturated rings. The van der Waals surface area contributed by atoms with Crippen molar-refractivity contribution in [1.82, 2.24) is 10.6 Å². The summed E-state index contributed by atoms with van der Waals surface area (Å²) in [4.78, 5) is 32.1. The van der Waals surface area contributed by atoms with E-state index in [1.54, 1.807) is 0 Å². The lowest BCUT2D eigenvalue weighted by Gasteiger charge is -2.08. The van der Waals surface area contributed by atoms with Gasteiger partial charge in [-0.3, -0.25) is 0 Å². The highest BCUT2D eigenvalue weighted by atomic mass is 16.6. The number of hydrogen-bond donors (Lipinski definition) is 4. The summed E-state index contributed by atoms with van der Waals surface area (Å²) < 4.78 is 13.7. The fourth-order valence-electron chi connectivity index (χ4n) is 0.855. The summed E-state index contributed by atoms with van der Waals surface area (Å²) in [5.74, 6) is 0. The number of hydrogen-bond acceptors (Lipinski definition) is 7. The quantitative estimate of drug-likeness (QED) is 0.311. The van der Waals surface area contributed by atoms with Crippen LogP contribution in [0, 0.1) is 0 Å². The van der Waals surface area contributed by atoms with Crippen LogP contribution in [-0.2, 0) is 14.2 Å². The third-order valence-electron chi connectivity index (χ3n) is 1.57. The Morgan fingerprint density at radius 2 is 1.32 bits per heavy atom. The van der Waals surface area contributed by atoms with Crippen LogP contribution in [0.5, 0.6) is 0 Å². The van der Waals surface area contributed by atoms with E-state index in [2.05, 4.69) is 24.8 Å². The first kappa shape index (κ1) is 16.8. The summed E-state index contributed by atoms with van der Waals surface area (Å²) >= 11 is 0. The van der Waals surface area contributed by atoms with Crippen LogP contribution in [0.25, 0.3) is 0 Å². The smallest absolute Gasteiger partial charge is 0.407 e. The highest BCUT2D eigenvalue weighted by molar-refractivity contribution is 5.68. The second kappa shape index (κ2) is 10.9. The molecule has 0 unspecified atom stereocenters. The van der Waals surface area contributed by atoms with E-state index >= 15 is 0 Å². The molecule has 0 aromatic heterocycles. The molecule has 0 aromatic rings. The first-order valence-electron chi connectivity index (χ1n) is 5.49. The van der Waals surface area contributed by atoms with Crippen LogP contribution in [0.2, 0.25) is 0 Å². The molecular formula is C9H18N4O6. The zero-order valence-electron chi connectivity index (χ0n) is 10.3. The summed E-state index contributed by atoms with van der Waals surface area (Å²) in [5.41, 5.74) is 9.83. The molecule has 0 heterocycles. The SMILES string of the molecule is NCCOC(=O)NCCOC(=O)NCCOC(N)=O. The largest absolute Gasteiger partial charge is 0.448 e. The molecule has 0 radical (unpaired) electrons. The van der Waals surface area contributed by atoms with E-state index < -0.39 is 18.3 Å². The first-order chi connectivity index (χ1) is 9.06. The summed E-state index contributed by atoms with van der Waals surface area (Å²) in [6.45, 7) is 0.462. The van der Waals surface area contributed by atoms with E-state index in [0.717, 1.165) is 0 Å². The number of primary amides is 1. The Morgan fingerprint density at radius 3 is 1.79 bits per heavy atom. The molecule has 6 N–H and O–H groups in total. The zero-order chi connectivity index (χ0) is 14.5. The Labute approximate surface area is 109 Å². The topological polar surface area (TPSA) is 155 Å². The lowest BCUT2D eigenvalue weighted by molar-refractivity contribution is 0.129. The van der Waals surface area contributed by atoms with Gasteiger partial charge in [-0.1, -0.05) is 0 Å². The number of carbonyl (C=O) groups is 3. The summed E-state index contributed by atoms with van der Waals surface area (Å²) in [6, 6.07) is 0. The molecular weight excluding hydrogens is 260 g/mol. The lowest BCUT2D eigenvalue weighted by Crippen LogP contribution is -2.33. The van der Waals surface area contributed by atoms with E-state index in [1.807, 2.05) is 0 Å². The van der Waals surface area contributed by atoms with Crippen molar-refractivity contribution in [3.63, 3.8) is 0 Å². The minimum atomic E-state index is -0.921. The Morgan fingerprint density at radius 1 is 0.842 bits per heavy atom. The van der Waals surface area contributed by atoms with Crippen molar-refractivity contribution >= 4 is 18.3 Å². The van der Waals surface area contributed by atoms with Crippen molar-refractivity contribution in [1.29, 1.82) is 0 Å². The molecule has 0 aliphatic rings. The van der Waals surface area contributed by atoms with Crippen molar-refractivity contribution in [2.24, 2.45) is 11.5 Å². The van der Waals surface area contributed by atoms with Gasteiger partial charge < -0.3 is 36.3 Å². The van der Waals surface area contributed by atoms with Crippen LogP contribution in [0.3, 0.4) is 0 Å². The maximum Gasteiger partial charge on any atom is 0.407 e. The highest BCUT2D eigenvalue weighted by Gasteiger charge is 2.03. The third kappa shape index (κ3) is 12.0. The second-order valence-corrected chi connectivity index (χ2v) is 3.08. The summed E-state index contributed by atoms with van der Waals surface area (Å²) in [7, 11) is 0. The number of nitrogens with one attached hydrogen (secondary N) is 2. The van der Waals surface area contributed by atoms with Gasteiger partial charge in [0.2, 0.25) is 0 Å². The Hall–Kier alpha value is -2.23. The predicted molar refractivity (Wildman–Crippen MR) is 63.3 cm³/mol. The van der Waals surface area contributed by atoms with Gasteiger partial charge in [-0.2, -0.15) is 0 Å². The van der Waals surface area contributed by atoms with Crippen LogP contribution in [0.1, 0.15) is 0 Å². The van der Waals surface area contributed by atoms with Crippen molar-refractivity contribution < 1.29 is 28.6 Å². The first-order valence-corrected chi connectivity index (χ1v) is 5.49. The van der Waals surface area contributed by atoms with Crippen LogP contribution >= 0.6 is 0 Å². The molecule has 0 aromatic carbocycles. The number of rotatable bonds is 8. The van der Waals surface area contributed by atoms with Gasteiger partial charge in [-0.05, 0) is 0 Å². The third-order valence-corrected chi connectivity index (χ3v) is 1.57. The van der Waals surface area contributed by atoms with E-state index in [1.165, 1.54) is 0 Å². The van der Waals surface area contributed by atoms with Gasteiger partial charge >= 0.3 is 18.3 Å². The van der Waals surface area contributed by atoms with Crippen molar-refractivity contribution in [2.45, 2.75) is 0 Å². The molecule has 0 bridgehead atoms. The normalized spacial score (nSPS) is 9.32. The van der Waals surface area contributed by atoms with E-state index in [-0.39, 0.29) is 39.5 Å². The number of carbonyl (C=O) groups excluding carboxylic acids is 3. The Kier molecular flexibility index (Phi) is 9.62. The van der Waals surface area contributed by atoms with Gasteiger partial charge in [0.1, 0.15) is 19.8 Å². The minimum absolute atomic E-state index is 0.0275. The standard InChI is InChI=1S/C9H18N4O6/c10-1-4-18-8(15)13-3-6-19-9(16)12-2-5-17-7(11)14/h1-6,10H2,(H2,11,14)(H,12,16)(H,13,15). The van der Waals surface area contributed by atoms with Crippen molar-refractivity contribution in [3.8, 4) is 0 Å². The highest BCUT2D eigenvalue weighted by Crippen LogP contribution is 1.80. The molecule has 10 nitrogen and oxygen atoms in total. The average Bonchev–Trinajstić information content (AvgIpc) is 2.37. The van der Waals surface area contributed by atoms with Crippen LogP contribution in [-0.4, -0.2) is 57.7 Å². The van der Waals surface area contributed by atoms with Gasteiger partial charge in [0.05, 0.1) is 13.1 Å². The Bertz CT molecular complexity index is 298. The van der Waals surface area contributed by atoms with Crippen molar-refractivity contribution in [3.05, 3.63) is 0 Å². The number of alkyl carbamates (subject to hydrolysis) is 2. The van der Waals surface area contributed by atoms with Gasteiger partial charge in [0.25, 0.3) is 0 Å². The summed E-state index contributed by atoms with van der Waals surface area (Å²) in [5, 5.41) is 4.65. The van der Waals surface area contributed by atoms with Crippen molar-refractivity contribution in [2.75, 3.05) is 39.5 Å². The molecule has 110 valence electrons. The minimum Gasteiger partial charge on any atom is -0.448 e. The fourth-order valence-corrected chi connectivity index (χ4v) is 0.855. The Balaban J connectivity index is 3.38. The molecule has 0 aliphatic carbocycles. The predicted octanol–water partition coefficient (Wildman–Crippen LogP) is -1.51. The molecule has 0 saturated heterocycles. The molecule has 0 aliphatic heterocycles. The molecule has 0 rings (SSSR count). The number of amides is 3. The molecule has 0 atom stereocenters. The van der Waals surface area contributed by atoms with E-state index in [0.29, 0.717) is 0 Å². The molecule has 19 heavy (non-hydrogen) atoms. The van der Waals surface area contributed by atoms with Gasteiger partial charge in [0, 0.05) is 6.54 Å². The van der Waals surface area contributed by atoms with E-state index in [4.69, 9.17) is 11.5 Å². The molecule has 10 heteroatoms. The molecule has 0 spiro atoms. The van der Waals surface area contributed by atoms with Crippen LogP contribution < -0.4 is 22.1 Å². The lowest BCUT2D eigenvalue weighted by atomic mass is 10.6. The van der Waals surface area contributed by atoms with Crippen LogP contribution in [0.4, 0.5) is 14.4 Å². The fraction of sp³-hybridized carbons (Fsp3) is 0.667. The monoisotopic (exact) mass is 278 g/mol. The zero-order valence-corrected chi connectivity index (χ0v) is 10.3. The second-order valence-electron chi connectivity index (χ2n) is 3.08. The maximum absolute atomic E-state index is 11.0.